The standard InChI is InChI=1S/C23H23ClN2O5S/c1-14(22(28)25-12-16-6-4-5-7-18(16)24)31-21(27)11-17-13-32-23(26-17)15-8-9-19(29-2)20(10-15)30-3/h4-10,13-14H,11-12H2,1-3H3,(H,25,28). The van der Waals surface area contributed by atoms with Crippen LogP contribution >= 0.6 is 22.9 Å². The van der Waals surface area contributed by atoms with Crippen LogP contribution in [0.1, 0.15) is 18.2 Å². The number of nitrogens with one attached hydrogen (secondary N) is 1. The number of rotatable bonds is 9. The van der Waals surface area contributed by atoms with Crippen LogP contribution < -0.4 is 14.8 Å². The first-order valence-corrected chi connectivity index (χ1v) is 11.0. The van der Waals surface area contributed by atoms with E-state index >= 15 is 0 Å². The molecular formula is C23H23ClN2O5S. The zero-order valence-electron chi connectivity index (χ0n) is 17.9. The highest BCUT2D eigenvalue weighted by atomic mass is 35.5. The summed E-state index contributed by atoms with van der Waals surface area (Å²) in [5, 5.41) is 5.80. The molecule has 0 aliphatic rings. The number of hydrogen-bond acceptors (Lipinski definition) is 7. The minimum absolute atomic E-state index is 0.0358. The van der Waals surface area contributed by atoms with Gasteiger partial charge in [0.25, 0.3) is 5.91 Å². The van der Waals surface area contributed by atoms with Gasteiger partial charge >= 0.3 is 5.97 Å². The quantitative estimate of drug-likeness (QED) is 0.466. The van der Waals surface area contributed by atoms with E-state index in [9.17, 15) is 9.59 Å². The van der Waals surface area contributed by atoms with E-state index in [1.807, 2.05) is 30.3 Å². The van der Waals surface area contributed by atoms with Crippen LogP contribution in [0.15, 0.2) is 47.8 Å². The van der Waals surface area contributed by atoms with E-state index in [0.29, 0.717) is 22.2 Å². The molecule has 2 aromatic carbocycles. The normalized spacial score (nSPS) is 11.5. The number of carbonyl (C=O) groups excluding carboxylic acids is 2. The molecular weight excluding hydrogens is 452 g/mol. The highest BCUT2D eigenvalue weighted by molar-refractivity contribution is 7.13. The van der Waals surface area contributed by atoms with Gasteiger partial charge < -0.3 is 19.5 Å². The van der Waals surface area contributed by atoms with Crippen LogP contribution in [0.25, 0.3) is 10.6 Å². The van der Waals surface area contributed by atoms with Gasteiger partial charge in [0, 0.05) is 22.5 Å². The second-order valence-corrected chi connectivity index (χ2v) is 8.10. The van der Waals surface area contributed by atoms with Gasteiger partial charge in [-0.2, -0.15) is 0 Å². The summed E-state index contributed by atoms with van der Waals surface area (Å²) in [6.45, 7) is 1.77. The molecule has 1 unspecified atom stereocenters. The van der Waals surface area contributed by atoms with E-state index in [1.54, 1.807) is 31.7 Å². The third kappa shape index (κ3) is 5.99. The highest BCUT2D eigenvalue weighted by Gasteiger charge is 2.19. The van der Waals surface area contributed by atoms with Gasteiger partial charge in [0.05, 0.1) is 26.3 Å². The van der Waals surface area contributed by atoms with E-state index in [1.165, 1.54) is 18.3 Å². The van der Waals surface area contributed by atoms with Crippen molar-refractivity contribution in [3.8, 4) is 22.1 Å². The first-order valence-electron chi connectivity index (χ1n) is 9.78. The topological polar surface area (TPSA) is 86.8 Å². The Kier molecular flexibility index (Phi) is 8.08. The number of methoxy groups -OCH3 is 2. The van der Waals surface area contributed by atoms with Crippen molar-refractivity contribution < 1.29 is 23.8 Å². The zero-order chi connectivity index (χ0) is 23.1. The molecule has 0 aliphatic carbocycles. The van der Waals surface area contributed by atoms with Crippen molar-refractivity contribution in [3.05, 3.63) is 64.1 Å². The van der Waals surface area contributed by atoms with Crippen LogP contribution in [0.4, 0.5) is 0 Å². The summed E-state index contributed by atoms with van der Waals surface area (Å²) >= 11 is 7.49. The van der Waals surface area contributed by atoms with E-state index in [-0.39, 0.29) is 13.0 Å². The van der Waals surface area contributed by atoms with Crippen molar-refractivity contribution in [2.75, 3.05) is 14.2 Å². The summed E-state index contributed by atoms with van der Waals surface area (Å²) in [6, 6.07) is 12.7. The molecule has 1 atom stereocenters. The molecule has 3 rings (SSSR count). The largest absolute Gasteiger partial charge is 0.493 e. The van der Waals surface area contributed by atoms with E-state index in [2.05, 4.69) is 10.3 Å². The molecule has 7 nitrogen and oxygen atoms in total. The van der Waals surface area contributed by atoms with Gasteiger partial charge in [-0.15, -0.1) is 11.3 Å². The lowest BCUT2D eigenvalue weighted by Crippen LogP contribution is -2.35. The zero-order valence-corrected chi connectivity index (χ0v) is 19.5. The summed E-state index contributed by atoms with van der Waals surface area (Å²) in [6.07, 6.45) is -0.972. The van der Waals surface area contributed by atoms with Crippen molar-refractivity contribution >= 4 is 34.8 Å². The maximum Gasteiger partial charge on any atom is 0.312 e. The van der Waals surface area contributed by atoms with E-state index in [0.717, 1.165) is 16.1 Å². The van der Waals surface area contributed by atoms with Gasteiger partial charge in [0.2, 0.25) is 0 Å². The highest BCUT2D eigenvalue weighted by Crippen LogP contribution is 2.33. The monoisotopic (exact) mass is 474 g/mol. The molecule has 32 heavy (non-hydrogen) atoms. The van der Waals surface area contributed by atoms with Crippen molar-refractivity contribution in [1.29, 1.82) is 0 Å². The number of aromatic nitrogens is 1. The van der Waals surface area contributed by atoms with Crippen molar-refractivity contribution in [2.24, 2.45) is 0 Å². The Morgan fingerprint density at radius 1 is 1.12 bits per heavy atom. The molecule has 0 bridgehead atoms. The van der Waals surface area contributed by atoms with Gasteiger partial charge in [-0.3, -0.25) is 9.59 Å². The molecule has 3 aromatic rings. The average molecular weight is 475 g/mol. The third-order valence-electron chi connectivity index (χ3n) is 4.60. The third-order valence-corrected chi connectivity index (χ3v) is 5.90. The summed E-state index contributed by atoms with van der Waals surface area (Å²) in [5.74, 6) is 0.285. The molecule has 1 amide bonds. The van der Waals surface area contributed by atoms with Crippen LogP contribution in [0.3, 0.4) is 0 Å². The molecule has 0 saturated heterocycles. The van der Waals surface area contributed by atoms with Crippen molar-refractivity contribution in [3.63, 3.8) is 0 Å². The van der Waals surface area contributed by atoms with Crippen LogP contribution in [0.5, 0.6) is 11.5 Å². The summed E-state index contributed by atoms with van der Waals surface area (Å²) in [4.78, 5) is 29.0. The molecule has 0 aliphatic heterocycles. The molecule has 1 heterocycles. The lowest BCUT2D eigenvalue weighted by Gasteiger charge is -2.13. The number of nitrogens with zero attached hydrogens (tertiary/aromatic N) is 1. The van der Waals surface area contributed by atoms with Crippen LogP contribution in [-0.4, -0.2) is 37.2 Å². The minimum Gasteiger partial charge on any atom is -0.493 e. The number of halogens is 1. The average Bonchev–Trinajstić information content (AvgIpc) is 3.25. The number of thiazole rings is 1. The number of ether oxygens (including phenoxy) is 3. The number of carbonyl (C=O) groups is 2. The maximum absolute atomic E-state index is 12.3. The molecule has 0 radical (unpaired) electrons. The second kappa shape index (κ2) is 11.0. The molecule has 1 N–H and O–H groups in total. The van der Waals surface area contributed by atoms with Gasteiger partial charge in [-0.25, -0.2) is 4.98 Å². The van der Waals surface area contributed by atoms with Crippen LogP contribution in [0, 0.1) is 0 Å². The maximum atomic E-state index is 12.3. The Bertz CT molecular complexity index is 1100. The Morgan fingerprint density at radius 2 is 1.88 bits per heavy atom. The van der Waals surface area contributed by atoms with Crippen LogP contribution in [0.2, 0.25) is 5.02 Å². The SMILES string of the molecule is COc1ccc(-c2nc(CC(=O)OC(C)C(=O)NCc3ccccc3Cl)cs2)cc1OC. The summed E-state index contributed by atoms with van der Waals surface area (Å²) in [7, 11) is 3.14. The predicted octanol–water partition coefficient (Wildman–Crippen LogP) is 4.27. The number of hydrogen-bond donors (Lipinski definition) is 1. The molecule has 0 fully saturated rings. The summed E-state index contributed by atoms with van der Waals surface area (Å²) < 4.78 is 15.8. The lowest BCUT2D eigenvalue weighted by molar-refractivity contribution is -0.154. The number of benzene rings is 2. The van der Waals surface area contributed by atoms with Gasteiger partial charge in [-0.1, -0.05) is 29.8 Å². The fourth-order valence-corrected chi connectivity index (χ4v) is 3.92. The van der Waals surface area contributed by atoms with Gasteiger partial charge in [0.15, 0.2) is 17.6 Å². The molecule has 1 aromatic heterocycles. The Morgan fingerprint density at radius 3 is 2.59 bits per heavy atom. The lowest BCUT2D eigenvalue weighted by atomic mass is 10.2. The van der Waals surface area contributed by atoms with Crippen molar-refractivity contribution in [1.82, 2.24) is 10.3 Å². The Labute approximate surface area is 195 Å². The van der Waals surface area contributed by atoms with Gasteiger partial charge in [-0.05, 0) is 36.8 Å². The molecule has 168 valence electrons. The number of amides is 1. The fraction of sp³-hybridized carbons (Fsp3) is 0.261. The predicted molar refractivity (Wildman–Crippen MR) is 123 cm³/mol. The molecule has 9 heteroatoms. The smallest absolute Gasteiger partial charge is 0.312 e. The van der Waals surface area contributed by atoms with Crippen LogP contribution in [-0.2, 0) is 27.3 Å². The Balaban J connectivity index is 1.54. The van der Waals surface area contributed by atoms with Gasteiger partial charge in [0.1, 0.15) is 5.01 Å². The summed E-state index contributed by atoms with van der Waals surface area (Å²) in [5.41, 5.74) is 2.19. The molecule has 0 spiro atoms. The number of esters is 1. The second-order valence-electron chi connectivity index (χ2n) is 6.83. The van der Waals surface area contributed by atoms with E-state index in [4.69, 9.17) is 25.8 Å². The Hall–Kier alpha value is -3.10. The first kappa shape index (κ1) is 23.6. The first-order chi connectivity index (χ1) is 15.4. The molecule has 0 saturated carbocycles. The van der Waals surface area contributed by atoms with E-state index < -0.39 is 18.0 Å². The van der Waals surface area contributed by atoms with Crippen molar-refractivity contribution in [2.45, 2.75) is 26.0 Å². The fourth-order valence-electron chi connectivity index (χ4n) is 2.90. The minimum atomic E-state index is -0.936.